The minimum absolute atomic E-state index is 0.0389. The number of thiophene rings is 1. The van der Waals surface area contributed by atoms with Gasteiger partial charge in [0, 0.05) is 21.5 Å². The third-order valence-electron chi connectivity index (χ3n) is 2.82. The molecule has 0 aliphatic carbocycles. The van der Waals surface area contributed by atoms with Crippen LogP contribution in [0.5, 0.6) is 0 Å². The van der Waals surface area contributed by atoms with E-state index >= 15 is 0 Å². The lowest BCUT2D eigenvalue weighted by Crippen LogP contribution is -2.00. The summed E-state index contributed by atoms with van der Waals surface area (Å²) >= 11 is 7.37. The Balaban J connectivity index is 1.84. The van der Waals surface area contributed by atoms with Crippen molar-refractivity contribution < 1.29 is 14.3 Å². The lowest BCUT2D eigenvalue weighted by atomic mass is 10.1. The summed E-state index contributed by atoms with van der Waals surface area (Å²) in [6, 6.07) is 8.77. The highest BCUT2D eigenvalue weighted by atomic mass is 35.5. The van der Waals surface area contributed by atoms with Gasteiger partial charge in [-0.2, -0.15) is 0 Å². The average Bonchev–Trinajstić information content (AvgIpc) is 3.08. The summed E-state index contributed by atoms with van der Waals surface area (Å²) in [6.45, 7) is 1.19. The van der Waals surface area contributed by atoms with E-state index in [2.05, 4.69) is 0 Å². The topological polar surface area (TPSA) is 35.5 Å². The van der Waals surface area contributed by atoms with E-state index < -0.39 is 0 Å². The van der Waals surface area contributed by atoms with Crippen LogP contribution in [0.3, 0.4) is 0 Å². The Labute approximate surface area is 119 Å². The Kier molecular flexibility index (Phi) is 3.66. The fourth-order valence-corrected chi connectivity index (χ4v) is 2.99. The fraction of sp³-hybridized carbons (Fsp3) is 0.214. The maximum atomic E-state index is 12.3. The highest BCUT2D eigenvalue weighted by Crippen LogP contribution is 2.30. The standard InChI is InChI=1S/C14H11ClO3S/c15-11-3-1-2-9(6-11)13(16)10-7-12(19-8-10)14-17-4-5-18-14/h1-3,6-8,14H,4-5H2. The van der Waals surface area contributed by atoms with Crippen molar-refractivity contribution in [3.05, 3.63) is 56.7 Å². The molecule has 0 atom stereocenters. The Morgan fingerprint density at radius 3 is 2.74 bits per heavy atom. The van der Waals surface area contributed by atoms with Gasteiger partial charge in [-0.3, -0.25) is 4.79 Å². The Hall–Kier alpha value is -1.20. The van der Waals surface area contributed by atoms with Gasteiger partial charge in [-0.1, -0.05) is 23.7 Å². The first-order chi connectivity index (χ1) is 9.24. The van der Waals surface area contributed by atoms with E-state index in [0.717, 1.165) is 4.88 Å². The van der Waals surface area contributed by atoms with E-state index in [1.165, 1.54) is 11.3 Å². The SMILES string of the molecule is O=C(c1cccc(Cl)c1)c1csc(C2OCCO2)c1. The summed E-state index contributed by atoms with van der Waals surface area (Å²) in [4.78, 5) is 13.2. The zero-order chi connectivity index (χ0) is 13.2. The molecule has 0 bridgehead atoms. The van der Waals surface area contributed by atoms with Crippen LogP contribution in [0.15, 0.2) is 35.7 Å². The van der Waals surface area contributed by atoms with Crippen molar-refractivity contribution in [2.45, 2.75) is 6.29 Å². The quantitative estimate of drug-likeness (QED) is 0.810. The summed E-state index contributed by atoms with van der Waals surface area (Å²) in [5.74, 6) is -0.0389. The molecule has 1 aromatic heterocycles. The van der Waals surface area contributed by atoms with Gasteiger partial charge in [0.25, 0.3) is 0 Å². The van der Waals surface area contributed by atoms with Gasteiger partial charge in [0.1, 0.15) is 0 Å². The predicted molar refractivity (Wildman–Crippen MR) is 73.8 cm³/mol. The van der Waals surface area contributed by atoms with E-state index in [1.807, 2.05) is 11.4 Å². The second-order valence-corrected chi connectivity index (χ2v) is 5.53. The smallest absolute Gasteiger partial charge is 0.193 e. The Bertz CT molecular complexity index is 602. The van der Waals surface area contributed by atoms with Crippen molar-refractivity contribution in [3.8, 4) is 0 Å². The molecule has 3 rings (SSSR count). The summed E-state index contributed by atoms with van der Waals surface area (Å²) in [7, 11) is 0. The van der Waals surface area contributed by atoms with E-state index in [9.17, 15) is 4.79 Å². The summed E-state index contributed by atoms with van der Waals surface area (Å²) in [6.07, 6.45) is -0.328. The maximum absolute atomic E-state index is 12.3. The molecule has 2 aromatic rings. The monoisotopic (exact) mass is 294 g/mol. The molecule has 2 heterocycles. The minimum Gasteiger partial charge on any atom is -0.345 e. The first kappa shape index (κ1) is 12.8. The van der Waals surface area contributed by atoms with E-state index in [4.69, 9.17) is 21.1 Å². The first-order valence-corrected chi connectivity index (χ1v) is 7.12. The van der Waals surface area contributed by atoms with Crippen molar-refractivity contribution in [1.82, 2.24) is 0 Å². The van der Waals surface area contributed by atoms with Gasteiger partial charge in [-0.15, -0.1) is 11.3 Å². The maximum Gasteiger partial charge on any atom is 0.193 e. The fourth-order valence-electron chi connectivity index (χ4n) is 1.91. The molecule has 1 aliphatic rings. The van der Waals surface area contributed by atoms with Gasteiger partial charge in [0.15, 0.2) is 12.1 Å². The van der Waals surface area contributed by atoms with Crippen molar-refractivity contribution >= 4 is 28.7 Å². The van der Waals surface area contributed by atoms with Gasteiger partial charge < -0.3 is 9.47 Å². The third-order valence-corrected chi connectivity index (χ3v) is 4.01. The molecule has 1 fully saturated rings. The molecule has 1 aliphatic heterocycles. The van der Waals surface area contributed by atoms with Gasteiger partial charge in [0.05, 0.1) is 18.1 Å². The van der Waals surface area contributed by atoms with Crippen LogP contribution in [0.1, 0.15) is 27.1 Å². The summed E-state index contributed by atoms with van der Waals surface area (Å²) < 4.78 is 10.8. The third kappa shape index (κ3) is 2.72. The molecule has 0 saturated carbocycles. The number of hydrogen-bond donors (Lipinski definition) is 0. The molecule has 0 unspecified atom stereocenters. The van der Waals surface area contributed by atoms with Crippen LogP contribution in [-0.2, 0) is 9.47 Å². The lowest BCUT2D eigenvalue weighted by molar-refractivity contribution is -0.0413. The zero-order valence-electron chi connectivity index (χ0n) is 9.97. The van der Waals surface area contributed by atoms with Crippen LogP contribution in [0.25, 0.3) is 0 Å². The van der Waals surface area contributed by atoms with Crippen LogP contribution >= 0.6 is 22.9 Å². The largest absolute Gasteiger partial charge is 0.345 e. The second kappa shape index (κ2) is 5.43. The molecule has 3 nitrogen and oxygen atoms in total. The average molecular weight is 295 g/mol. The van der Waals surface area contributed by atoms with Gasteiger partial charge in [0.2, 0.25) is 0 Å². The second-order valence-electron chi connectivity index (χ2n) is 4.15. The molecule has 0 amide bonds. The summed E-state index contributed by atoms with van der Waals surface area (Å²) in [5.41, 5.74) is 1.23. The zero-order valence-corrected chi connectivity index (χ0v) is 11.5. The molecule has 19 heavy (non-hydrogen) atoms. The molecule has 1 aromatic carbocycles. The van der Waals surface area contributed by atoms with Crippen LogP contribution < -0.4 is 0 Å². The molecule has 0 N–H and O–H groups in total. The molecular formula is C14H11ClO3S. The van der Waals surface area contributed by atoms with Crippen LogP contribution in [0.2, 0.25) is 5.02 Å². The molecule has 0 spiro atoms. The number of halogens is 1. The van der Waals surface area contributed by atoms with Crippen molar-refractivity contribution in [1.29, 1.82) is 0 Å². The van der Waals surface area contributed by atoms with E-state index in [1.54, 1.807) is 24.3 Å². The molecule has 98 valence electrons. The number of carbonyl (C=O) groups is 1. The minimum atomic E-state index is -0.328. The van der Waals surface area contributed by atoms with E-state index in [0.29, 0.717) is 29.4 Å². The Morgan fingerprint density at radius 2 is 2.00 bits per heavy atom. The number of hydrogen-bond acceptors (Lipinski definition) is 4. The number of carbonyl (C=O) groups excluding carboxylic acids is 1. The number of ether oxygens (including phenoxy) is 2. The van der Waals surface area contributed by atoms with Gasteiger partial charge >= 0.3 is 0 Å². The number of rotatable bonds is 3. The number of benzene rings is 1. The molecule has 1 saturated heterocycles. The van der Waals surface area contributed by atoms with Crippen LogP contribution in [0.4, 0.5) is 0 Å². The highest BCUT2D eigenvalue weighted by Gasteiger charge is 2.21. The molecular weight excluding hydrogens is 284 g/mol. The Morgan fingerprint density at radius 1 is 1.21 bits per heavy atom. The van der Waals surface area contributed by atoms with Crippen LogP contribution in [0, 0.1) is 0 Å². The van der Waals surface area contributed by atoms with Crippen molar-refractivity contribution in [3.63, 3.8) is 0 Å². The molecule has 0 radical (unpaired) electrons. The summed E-state index contributed by atoms with van der Waals surface area (Å²) in [5, 5.41) is 2.38. The van der Waals surface area contributed by atoms with Crippen molar-refractivity contribution in [2.75, 3.05) is 13.2 Å². The molecule has 5 heteroatoms. The van der Waals surface area contributed by atoms with E-state index in [-0.39, 0.29) is 12.1 Å². The van der Waals surface area contributed by atoms with Gasteiger partial charge in [-0.25, -0.2) is 0 Å². The predicted octanol–water partition coefficient (Wildman–Crippen LogP) is 3.68. The van der Waals surface area contributed by atoms with Crippen LogP contribution in [-0.4, -0.2) is 19.0 Å². The first-order valence-electron chi connectivity index (χ1n) is 5.86. The lowest BCUT2D eigenvalue weighted by Gasteiger charge is -2.04. The number of ketones is 1. The highest BCUT2D eigenvalue weighted by molar-refractivity contribution is 7.10. The van der Waals surface area contributed by atoms with Gasteiger partial charge in [-0.05, 0) is 18.2 Å². The van der Waals surface area contributed by atoms with Crippen molar-refractivity contribution in [2.24, 2.45) is 0 Å². The normalized spacial score (nSPS) is 15.8.